The van der Waals surface area contributed by atoms with Crippen LogP contribution in [0.5, 0.6) is 0 Å². The van der Waals surface area contributed by atoms with Crippen LogP contribution in [0.1, 0.15) is 35.8 Å². The van der Waals surface area contributed by atoms with E-state index >= 15 is 0 Å². The third kappa shape index (κ3) is 2.20. The van der Waals surface area contributed by atoms with E-state index in [-0.39, 0.29) is 0 Å². The molecule has 88 valence electrons. The molecule has 17 heavy (non-hydrogen) atoms. The summed E-state index contributed by atoms with van der Waals surface area (Å²) < 4.78 is 1.43. The van der Waals surface area contributed by atoms with E-state index in [1.807, 2.05) is 23.5 Å². The molecule has 0 spiro atoms. The third-order valence-corrected chi connectivity index (χ3v) is 4.18. The third-order valence-electron chi connectivity index (χ3n) is 2.99. The summed E-state index contributed by atoms with van der Waals surface area (Å²) in [5.74, 6) is 0.577. The van der Waals surface area contributed by atoms with Gasteiger partial charge in [0.2, 0.25) is 0 Å². The van der Waals surface area contributed by atoms with Gasteiger partial charge in [-0.05, 0) is 24.0 Å². The van der Waals surface area contributed by atoms with Gasteiger partial charge in [0.15, 0.2) is 0 Å². The first-order valence-corrected chi connectivity index (χ1v) is 6.78. The highest BCUT2D eigenvalue weighted by Crippen LogP contribution is 2.36. The lowest BCUT2D eigenvalue weighted by molar-refractivity contribution is 0.878. The van der Waals surface area contributed by atoms with E-state index < -0.39 is 0 Å². The van der Waals surface area contributed by atoms with Crippen molar-refractivity contribution >= 4 is 27.5 Å². The maximum atomic E-state index is 3.73. The van der Waals surface area contributed by atoms with Gasteiger partial charge in [0.25, 0.3) is 0 Å². The molecule has 0 unspecified atom stereocenters. The minimum absolute atomic E-state index is 0.577. The molecule has 0 nitrogen and oxygen atoms in total. The monoisotopic (exact) mass is 242 g/mol. The summed E-state index contributed by atoms with van der Waals surface area (Å²) in [6, 6.07) is 6.62. The first-order chi connectivity index (χ1) is 8.15. The summed E-state index contributed by atoms with van der Waals surface area (Å²) >= 11 is 1.90. The van der Waals surface area contributed by atoms with Gasteiger partial charge in [0, 0.05) is 15.0 Å². The quantitative estimate of drug-likeness (QED) is 0.620. The Bertz CT molecular complexity index is 570. The van der Waals surface area contributed by atoms with Crippen LogP contribution in [-0.2, 0) is 0 Å². The zero-order chi connectivity index (χ0) is 12.4. The molecule has 2 rings (SSSR count). The van der Waals surface area contributed by atoms with E-state index in [0.717, 1.165) is 0 Å². The zero-order valence-corrected chi connectivity index (χ0v) is 11.5. The van der Waals surface area contributed by atoms with Crippen LogP contribution < -0.4 is 0 Å². The summed E-state index contributed by atoms with van der Waals surface area (Å²) in [5, 5.41) is 1.37. The molecule has 0 aliphatic carbocycles. The molecule has 0 atom stereocenters. The zero-order valence-electron chi connectivity index (χ0n) is 10.7. The Morgan fingerprint density at radius 3 is 2.71 bits per heavy atom. The summed E-state index contributed by atoms with van der Waals surface area (Å²) in [5.41, 5.74) is 2.79. The largest absolute Gasteiger partial charge is 0.140 e. The molecule has 0 amide bonds. The second-order valence-corrected chi connectivity index (χ2v) is 5.77. The van der Waals surface area contributed by atoms with Crippen molar-refractivity contribution in [3.63, 3.8) is 0 Å². The Kier molecular flexibility index (Phi) is 3.49. The first kappa shape index (κ1) is 12.1. The van der Waals surface area contributed by atoms with Crippen molar-refractivity contribution in [1.29, 1.82) is 0 Å². The molecule has 0 saturated carbocycles. The Morgan fingerprint density at radius 2 is 2.06 bits per heavy atom. The average Bonchev–Trinajstić information content (AvgIpc) is 2.61. The van der Waals surface area contributed by atoms with E-state index in [1.165, 1.54) is 26.1 Å². The van der Waals surface area contributed by atoms with E-state index in [9.17, 15) is 0 Å². The smallest absolute Gasteiger partial charge is 0.0386 e. The number of hydrogen-bond donors (Lipinski definition) is 0. The molecule has 1 heteroatoms. The minimum Gasteiger partial charge on any atom is -0.140 e. The molecule has 0 bridgehead atoms. The van der Waals surface area contributed by atoms with Crippen molar-refractivity contribution in [3.05, 3.63) is 52.9 Å². The van der Waals surface area contributed by atoms with Gasteiger partial charge >= 0.3 is 0 Å². The number of thiophene rings is 1. The summed E-state index contributed by atoms with van der Waals surface area (Å²) in [4.78, 5) is 1.38. The van der Waals surface area contributed by atoms with Gasteiger partial charge in [-0.15, -0.1) is 11.3 Å². The topological polar surface area (TPSA) is 0 Å². The van der Waals surface area contributed by atoms with E-state index in [1.54, 1.807) is 0 Å². The van der Waals surface area contributed by atoms with Gasteiger partial charge in [-0.25, -0.2) is 0 Å². The number of benzene rings is 1. The number of hydrogen-bond acceptors (Lipinski definition) is 1. The van der Waals surface area contributed by atoms with Gasteiger partial charge in [-0.1, -0.05) is 56.9 Å². The van der Waals surface area contributed by atoms with Gasteiger partial charge in [-0.2, -0.15) is 0 Å². The van der Waals surface area contributed by atoms with Crippen LogP contribution in [0.25, 0.3) is 16.2 Å². The number of allylic oxidation sites excluding steroid dienone is 2. The highest BCUT2D eigenvalue weighted by atomic mass is 32.1. The van der Waals surface area contributed by atoms with Crippen molar-refractivity contribution in [2.45, 2.75) is 26.7 Å². The van der Waals surface area contributed by atoms with E-state index in [4.69, 9.17) is 0 Å². The van der Waals surface area contributed by atoms with Crippen molar-refractivity contribution < 1.29 is 0 Å². The average molecular weight is 242 g/mol. The molecule has 0 N–H and O–H groups in total. The molecule has 1 heterocycles. The van der Waals surface area contributed by atoms with E-state index in [0.29, 0.717) is 5.92 Å². The standard InChI is InChI=1S/C16H18S/c1-5-6-8-14-12(4)17-16-13(11(2)3)9-7-10-15(14)16/h5-11H,1H2,2-4H3/b8-6-. The molecule has 0 saturated heterocycles. The van der Waals surface area contributed by atoms with Crippen LogP contribution in [0, 0.1) is 6.92 Å². The predicted molar refractivity (Wildman–Crippen MR) is 79.9 cm³/mol. The fraction of sp³-hybridized carbons (Fsp3) is 0.250. The summed E-state index contributed by atoms with van der Waals surface area (Å²) in [7, 11) is 0. The summed E-state index contributed by atoms with van der Waals surface area (Å²) in [6.07, 6.45) is 6.00. The number of fused-ring (bicyclic) bond motifs is 1. The SMILES string of the molecule is C=C/C=C\c1c(C)sc2c(C(C)C)cccc12. The Morgan fingerprint density at radius 1 is 1.29 bits per heavy atom. The number of rotatable bonds is 3. The molecule has 0 radical (unpaired) electrons. The van der Waals surface area contributed by atoms with Crippen LogP contribution in [0.2, 0.25) is 0 Å². The lowest BCUT2D eigenvalue weighted by Gasteiger charge is -2.06. The van der Waals surface area contributed by atoms with Crippen LogP contribution in [0.15, 0.2) is 36.9 Å². The molecule has 2 aromatic rings. The van der Waals surface area contributed by atoms with Crippen molar-refractivity contribution in [2.75, 3.05) is 0 Å². The molecule has 0 aliphatic rings. The van der Waals surface area contributed by atoms with Crippen molar-refractivity contribution in [1.82, 2.24) is 0 Å². The Labute approximate surface area is 107 Å². The molecule has 1 aromatic carbocycles. The minimum atomic E-state index is 0.577. The van der Waals surface area contributed by atoms with Crippen LogP contribution >= 0.6 is 11.3 Å². The van der Waals surface area contributed by atoms with Gasteiger partial charge in [0.05, 0.1) is 0 Å². The Balaban J connectivity index is 2.71. The first-order valence-electron chi connectivity index (χ1n) is 5.96. The van der Waals surface area contributed by atoms with Gasteiger partial charge in [0.1, 0.15) is 0 Å². The lowest BCUT2D eigenvalue weighted by atomic mass is 10.00. The van der Waals surface area contributed by atoms with Crippen LogP contribution in [0.4, 0.5) is 0 Å². The normalized spacial score (nSPS) is 11.8. The second-order valence-electron chi connectivity index (χ2n) is 4.55. The van der Waals surface area contributed by atoms with Crippen molar-refractivity contribution in [3.8, 4) is 0 Å². The molecular formula is C16H18S. The molecule has 1 aromatic heterocycles. The maximum Gasteiger partial charge on any atom is 0.0386 e. The highest BCUT2D eigenvalue weighted by molar-refractivity contribution is 7.19. The maximum absolute atomic E-state index is 3.73. The van der Waals surface area contributed by atoms with Crippen molar-refractivity contribution in [2.24, 2.45) is 0 Å². The predicted octanol–water partition coefficient (Wildman–Crippen LogP) is 5.53. The number of aryl methyl sites for hydroxylation is 1. The molecular weight excluding hydrogens is 224 g/mol. The Hall–Kier alpha value is -1.34. The summed E-state index contributed by atoms with van der Waals surface area (Å²) in [6.45, 7) is 10.4. The molecule has 0 aliphatic heterocycles. The van der Waals surface area contributed by atoms with Gasteiger partial charge in [-0.3, -0.25) is 0 Å². The highest BCUT2D eigenvalue weighted by Gasteiger charge is 2.11. The fourth-order valence-corrected chi connectivity index (χ4v) is 3.41. The van der Waals surface area contributed by atoms with Crippen LogP contribution in [0.3, 0.4) is 0 Å². The second kappa shape index (κ2) is 4.89. The van der Waals surface area contributed by atoms with E-state index in [2.05, 4.69) is 51.6 Å². The van der Waals surface area contributed by atoms with Crippen LogP contribution in [-0.4, -0.2) is 0 Å². The van der Waals surface area contributed by atoms with Gasteiger partial charge < -0.3 is 0 Å². The lowest BCUT2D eigenvalue weighted by Crippen LogP contribution is -1.86. The fourth-order valence-electron chi connectivity index (χ4n) is 2.10. The molecule has 0 fully saturated rings.